The first-order valence-corrected chi connectivity index (χ1v) is 19.3. The molecule has 0 fully saturated rings. The Morgan fingerprint density at radius 2 is 1.54 bits per heavy atom. The van der Waals surface area contributed by atoms with Crippen LogP contribution in [-0.2, 0) is 43.4 Å². The standard InChI is InChI=1S/C41H51N5O7S/c1-5-27(4)36(22-47)43-38(49)21-37(48)33(18-26(2)3)44-40(51)35(20-31-24-54-25-42-31)45-39(50)34(46-41(52)53-23-28-12-7-6-8-13-28)19-30-16-11-15-29-14-9-10-17-32(29)30/h6-17,22,24-27,33-37,48H,5,18-21,23H2,1-4H3,(H,43,49)(H,44,51)(H,45,50)(H,46,52)/t27-,33-,34-,35?,36+,37-/m0/s1. The molecule has 4 aromatic rings. The summed E-state index contributed by atoms with van der Waals surface area (Å²) in [7, 11) is 0. The summed E-state index contributed by atoms with van der Waals surface area (Å²) in [4.78, 5) is 70.2. The number of amides is 4. The van der Waals surface area contributed by atoms with Crippen LogP contribution in [0.3, 0.4) is 0 Å². The molecule has 0 spiro atoms. The summed E-state index contributed by atoms with van der Waals surface area (Å²) in [5, 5.41) is 26.0. The van der Waals surface area contributed by atoms with Crippen LogP contribution in [-0.4, -0.2) is 70.5 Å². The number of ether oxygens (including phenoxy) is 1. The monoisotopic (exact) mass is 757 g/mol. The number of aliphatic hydroxyl groups is 1. The number of benzene rings is 3. The highest BCUT2D eigenvalue weighted by atomic mass is 32.1. The average Bonchev–Trinajstić information content (AvgIpc) is 3.68. The molecular formula is C41H51N5O7S. The van der Waals surface area contributed by atoms with Crippen molar-refractivity contribution in [2.24, 2.45) is 11.8 Å². The number of aldehydes is 1. The Bertz CT molecular complexity index is 1820. The Morgan fingerprint density at radius 3 is 2.22 bits per heavy atom. The summed E-state index contributed by atoms with van der Waals surface area (Å²) in [6.07, 6.45) is -0.606. The highest BCUT2D eigenvalue weighted by Crippen LogP contribution is 2.21. The fourth-order valence-corrected chi connectivity index (χ4v) is 6.65. The van der Waals surface area contributed by atoms with Crippen molar-refractivity contribution in [3.05, 3.63) is 101 Å². The van der Waals surface area contributed by atoms with Crippen molar-refractivity contribution >= 4 is 52.2 Å². The largest absolute Gasteiger partial charge is 0.445 e. The van der Waals surface area contributed by atoms with E-state index in [1.807, 2.05) is 100 Å². The van der Waals surface area contributed by atoms with Crippen molar-refractivity contribution in [1.82, 2.24) is 26.3 Å². The number of carbonyl (C=O) groups is 5. The van der Waals surface area contributed by atoms with Gasteiger partial charge in [0.2, 0.25) is 17.7 Å². The van der Waals surface area contributed by atoms with Gasteiger partial charge in [-0.05, 0) is 40.2 Å². The van der Waals surface area contributed by atoms with E-state index in [9.17, 15) is 29.1 Å². The molecule has 0 aliphatic carbocycles. The molecule has 0 radical (unpaired) electrons. The second kappa shape index (κ2) is 20.9. The van der Waals surface area contributed by atoms with Crippen LogP contribution in [0.4, 0.5) is 4.79 Å². The van der Waals surface area contributed by atoms with Gasteiger partial charge in [0.1, 0.15) is 25.0 Å². The maximum absolute atomic E-state index is 14.2. The molecule has 288 valence electrons. The zero-order valence-electron chi connectivity index (χ0n) is 31.2. The van der Waals surface area contributed by atoms with Gasteiger partial charge in [0, 0.05) is 18.2 Å². The van der Waals surface area contributed by atoms with Crippen molar-refractivity contribution in [1.29, 1.82) is 0 Å². The first-order chi connectivity index (χ1) is 26.0. The van der Waals surface area contributed by atoms with Crippen molar-refractivity contribution in [2.75, 3.05) is 0 Å². The van der Waals surface area contributed by atoms with Gasteiger partial charge < -0.3 is 35.9 Å². The van der Waals surface area contributed by atoms with Crippen LogP contribution in [0, 0.1) is 11.8 Å². The van der Waals surface area contributed by atoms with E-state index in [0.29, 0.717) is 24.8 Å². The predicted molar refractivity (Wildman–Crippen MR) is 208 cm³/mol. The number of hydrogen-bond acceptors (Lipinski definition) is 9. The summed E-state index contributed by atoms with van der Waals surface area (Å²) >= 11 is 1.34. The van der Waals surface area contributed by atoms with Crippen molar-refractivity contribution in [3.8, 4) is 0 Å². The Morgan fingerprint density at radius 1 is 0.852 bits per heavy atom. The van der Waals surface area contributed by atoms with Gasteiger partial charge in [-0.1, -0.05) is 107 Å². The van der Waals surface area contributed by atoms with Crippen LogP contribution in [0.5, 0.6) is 0 Å². The summed E-state index contributed by atoms with van der Waals surface area (Å²) < 4.78 is 5.47. The minimum Gasteiger partial charge on any atom is -0.445 e. The number of rotatable bonds is 20. The molecule has 1 unspecified atom stereocenters. The summed E-state index contributed by atoms with van der Waals surface area (Å²) in [6, 6.07) is 18.7. The second-order valence-electron chi connectivity index (χ2n) is 14.0. The lowest BCUT2D eigenvalue weighted by Gasteiger charge is -2.29. The van der Waals surface area contributed by atoms with E-state index in [1.54, 1.807) is 10.9 Å². The SMILES string of the molecule is CC[C@H](C)[C@@H](C=O)NC(=O)C[C@H](O)[C@H](CC(C)C)NC(=O)C(Cc1cscn1)NC(=O)[C@H](Cc1cccc2ccccc12)NC(=O)OCc1ccccc1. The van der Waals surface area contributed by atoms with Crippen LogP contribution in [0.2, 0.25) is 0 Å². The number of alkyl carbamates (subject to hydrolysis) is 1. The highest BCUT2D eigenvalue weighted by Gasteiger charge is 2.32. The van der Waals surface area contributed by atoms with Crippen LogP contribution < -0.4 is 21.3 Å². The molecule has 0 saturated carbocycles. The molecule has 54 heavy (non-hydrogen) atoms. The van der Waals surface area contributed by atoms with Crippen molar-refractivity contribution in [2.45, 2.75) is 96.7 Å². The van der Waals surface area contributed by atoms with Crippen LogP contribution in [0.25, 0.3) is 10.8 Å². The zero-order chi connectivity index (χ0) is 39.0. The number of aliphatic hydroxyl groups excluding tert-OH is 1. The molecule has 0 saturated heterocycles. The molecule has 12 nitrogen and oxygen atoms in total. The lowest BCUT2D eigenvalue weighted by atomic mass is 9.95. The molecule has 6 atom stereocenters. The minimum absolute atomic E-state index is 0.00481. The molecular weight excluding hydrogens is 707 g/mol. The van der Waals surface area contributed by atoms with Gasteiger partial charge in [-0.2, -0.15) is 0 Å². The number of carbonyl (C=O) groups excluding carboxylic acids is 5. The van der Waals surface area contributed by atoms with Crippen molar-refractivity contribution in [3.63, 3.8) is 0 Å². The first-order valence-electron chi connectivity index (χ1n) is 18.3. The van der Waals surface area contributed by atoms with Gasteiger partial charge in [-0.3, -0.25) is 14.4 Å². The van der Waals surface area contributed by atoms with Crippen LogP contribution in [0.15, 0.2) is 83.7 Å². The van der Waals surface area contributed by atoms with E-state index < -0.39 is 54.1 Å². The average molecular weight is 758 g/mol. The molecule has 5 N–H and O–H groups in total. The summed E-state index contributed by atoms with van der Waals surface area (Å²) in [5.41, 5.74) is 3.76. The number of nitrogens with zero attached hydrogens (tertiary/aromatic N) is 1. The first kappa shape index (κ1) is 41.6. The fraction of sp³-hybridized carbons (Fsp3) is 0.415. The third-order valence-corrected chi connectivity index (χ3v) is 9.93. The lowest BCUT2D eigenvalue weighted by molar-refractivity contribution is -0.131. The lowest BCUT2D eigenvalue weighted by Crippen LogP contribution is -2.57. The number of nitrogens with one attached hydrogen (secondary N) is 4. The summed E-state index contributed by atoms with van der Waals surface area (Å²) in [6.45, 7) is 7.61. The number of hydrogen-bond donors (Lipinski definition) is 5. The number of thiazole rings is 1. The van der Waals surface area contributed by atoms with Gasteiger partial charge in [0.05, 0.1) is 35.8 Å². The van der Waals surface area contributed by atoms with Crippen molar-refractivity contribution < 1.29 is 33.8 Å². The maximum Gasteiger partial charge on any atom is 0.408 e. The third-order valence-electron chi connectivity index (χ3n) is 9.30. The zero-order valence-corrected chi connectivity index (χ0v) is 32.0. The van der Waals surface area contributed by atoms with Gasteiger partial charge in [0.15, 0.2) is 0 Å². The Kier molecular flexibility index (Phi) is 16.1. The molecule has 4 rings (SSSR count). The third kappa shape index (κ3) is 12.8. The Hall–Kier alpha value is -5.14. The molecule has 0 bridgehead atoms. The van der Waals surface area contributed by atoms with Gasteiger partial charge in [0.25, 0.3) is 0 Å². The van der Waals surface area contributed by atoms with Gasteiger partial charge in [-0.15, -0.1) is 11.3 Å². The number of fused-ring (bicyclic) bond motifs is 1. The normalized spacial score (nSPS) is 14.6. The molecule has 0 aliphatic heterocycles. The smallest absolute Gasteiger partial charge is 0.408 e. The minimum atomic E-state index is -1.28. The van der Waals surface area contributed by atoms with Crippen LogP contribution >= 0.6 is 11.3 Å². The van der Waals surface area contributed by atoms with Gasteiger partial charge in [-0.25, -0.2) is 9.78 Å². The van der Waals surface area contributed by atoms with Gasteiger partial charge >= 0.3 is 6.09 Å². The molecule has 3 aromatic carbocycles. The Labute approximate surface area is 320 Å². The quantitative estimate of drug-likeness (QED) is 0.0794. The van der Waals surface area contributed by atoms with E-state index >= 15 is 0 Å². The predicted octanol–water partition coefficient (Wildman–Crippen LogP) is 4.87. The van der Waals surface area contributed by atoms with Crippen LogP contribution in [0.1, 0.15) is 63.8 Å². The van der Waals surface area contributed by atoms with E-state index in [4.69, 9.17) is 4.74 Å². The van der Waals surface area contributed by atoms with E-state index in [0.717, 1.165) is 21.9 Å². The van der Waals surface area contributed by atoms with E-state index in [2.05, 4.69) is 26.3 Å². The fourth-order valence-electron chi connectivity index (χ4n) is 6.08. The highest BCUT2D eigenvalue weighted by molar-refractivity contribution is 7.07. The number of aromatic nitrogens is 1. The Balaban J connectivity index is 1.55. The second-order valence-corrected chi connectivity index (χ2v) is 14.7. The molecule has 13 heteroatoms. The molecule has 4 amide bonds. The molecule has 1 heterocycles. The van der Waals surface area contributed by atoms with E-state index in [1.165, 1.54) is 11.3 Å². The topological polar surface area (TPSA) is 176 Å². The molecule has 1 aromatic heterocycles. The molecule has 0 aliphatic rings. The summed E-state index contributed by atoms with van der Waals surface area (Å²) in [5.74, 6) is -1.80. The van der Waals surface area contributed by atoms with E-state index in [-0.39, 0.29) is 37.7 Å². The maximum atomic E-state index is 14.2.